The standard InChI is InChI=1S/C19H22FN3O2S/c1-13-4-5-15(10-16(13)20)22-19(25)18(24)21-11-17(14-6-9-26-12-14)23-7-2-3-8-23/h4-6,9-10,12,17H,2-3,7-8,11H2,1H3,(H,21,24)(H,22,25)/t17-/m0/s1. The van der Waals surface area contributed by atoms with Crippen molar-refractivity contribution >= 4 is 28.8 Å². The third kappa shape index (κ3) is 4.47. The zero-order valence-corrected chi connectivity index (χ0v) is 15.4. The van der Waals surface area contributed by atoms with Gasteiger partial charge in [-0.2, -0.15) is 11.3 Å². The van der Waals surface area contributed by atoms with Crippen molar-refractivity contribution < 1.29 is 14.0 Å². The number of carbonyl (C=O) groups excluding carboxylic acids is 2. The van der Waals surface area contributed by atoms with E-state index < -0.39 is 17.6 Å². The molecule has 2 N–H and O–H groups in total. The molecule has 5 nitrogen and oxygen atoms in total. The molecule has 0 saturated carbocycles. The van der Waals surface area contributed by atoms with Crippen LogP contribution in [0.15, 0.2) is 35.0 Å². The highest BCUT2D eigenvalue weighted by atomic mass is 32.1. The number of halogens is 1. The molecule has 0 unspecified atom stereocenters. The summed E-state index contributed by atoms with van der Waals surface area (Å²) in [4.78, 5) is 26.6. The lowest BCUT2D eigenvalue weighted by Crippen LogP contribution is -2.41. The first-order valence-electron chi connectivity index (χ1n) is 8.66. The van der Waals surface area contributed by atoms with Gasteiger partial charge < -0.3 is 10.6 Å². The maximum atomic E-state index is 13.6. The smallest absolute Gasteiger partial charge is 0.313 e. The van der Waals surface area contributed by atoms with Crippen LogP contribution in [0, 0.1) is 12.7 Å². The highest BCUT2D eigenvalue weighted by Crippen LogP contribution is 2.26. The van der Waals surface area contributed by atoms with Gasteiger partial charge in [0.25, 0.3) is 0 Å². The second-order valence-electron chi connectivity index (χ2n) is 6.44. The van der Waals surface area contributed by atoms with E-state index in [2.05, 4.69) is 27.0 Å². The van der Waals surface area contributed by atoms with Crippen LogP contribution in [0.3, 0.4) is 0 Å². The summed E-state index contributed by atoms with van der Waals surface area (Å²) in [7, 11) is 0. The molecule has 3 rings (SSSR count). The number of nitrogens with zero attached hydrogens (tertiary/aromatic N) is 1. The molecule has 0 aliphatic carbocycles. The van der Waals surface area contributed by atoms with Crippen molar-refractivity contribution in [3.63, 3.8) is 0 Å². The molecule has 138 valence electrons. The number of carbonyl (C=O) groups is 2. The monoisotopic (exact) mass is 375 g/mol. The lowest BCUT2D eigenvalue weighted by Gasteiger charge is -2.27. The van der Waals surface area contributed by atoms with E-state index in [0.29, 0.717) is 12.1 Å². The maximum absolute atomic E-state index is 13.6. The van der Waals surface area contributed by atoms with Crippen molar-refractivity contribution in [1.29, 1.82) is 0 Å². The summed E-state index contributed by atoms with van der Waals surface area (Å²) in [6.45, 7) is 3.98. The van der Waals surface area contributed by atoms with Crippen molar-refractivity contribution in [3.8, 4) is 0 Å². The number of aryl methyl sites for hydroxylation is 1. The molecule has 1 aromatic carbocycles. The molecule has 1 aromatic heterocycles. The molecule has 1 saturated heterocycles. The predicted octanol–water partition coefficient (Wildman–Crippen LogP) is 3.09. The Kier molecular flexibility index (Phi) is 6.00. The highest BCUT2D eigenvalue weighted by Gasteiger charge is 2.25. The number of anilines is 1. The second kappa shape index (κ2) is 8.42. The molecule has 0 radical (unpaired) electrons. The van der Waals surface area contributed by atoms with Crippen LogP contribution in [0.25, 0.3) is 0 Å². The number of amides is 2. The van der Waals surface area contributed by atoms with Crippen LogP contribution in [0.5, 0.6) is 0 Å². The fourth-order valence-corrected chi connectivity index (χ4v) is 3.81. The molecule has 1 atom stereocenters. The van der Waals surface area contributed by atoms with Gasteiger partial charge in [-0.1, -0.05) is 6.07 Å². The second-order valence-corrected chi connectivity index (χ2v) is 7.22. The zero-order valence-electron chi connectivity index (χ0n) is 14.6. The first-order valence-corrected chi connectivity index (χ1v) is 9.60. The average molecular weight is 375 g/mol. The summed E-state index contributed by atoms with van der Waals surface area (Å²) in [6, 6.07) is 6.45. The van der Waals surface area contributed by atoms with Gasteiger partial charge in [-0.3, -0.25) is 14.5 Å². The van der Waals surface area contributed by atoms with Crippen molar-refractivity contribution in [2.45, 2.75) is 25.8 Å². The molecule has 2 amide bonds. The number of rotatable bonds is 5. The third-order valence-electron chi connectivity index (χ3n) is 4.60. The fourth-order valence-electron chi connectivity index (χ4n) is 3.10. The van der Waals surface area contributed by atoms with Gasteiger partial charge in [0, 0.05) is 12.2 Å². The van der Waals surface area contributed by atoms with Crippen LogP contribution >= 0.6 is 11.3 Å². The summed E-state index contributed by atoms with van der Waals surface area (Å²) in [5, 5.41) is 9.23. The number of thiophene rings is 1. The summed E-state index contributed by atoms with van der Waals surface area (Å²) in [6.07, 6.45) is 2.29. The number of hydrogen-bond donors (Lipinski definition) is 2. The molecule has 1 aliphatic heterocycles. The van der Waals surface area contributed by atoms with Gasteiger partial charge in [0.2, 0.25) is 0 Å². The van der Waals surface area contributed by atoms with Crippen LogP contribution in [0.1, 0.15) is 30.0 Å². The quantitative estimate of drug-likeness (QED) is 0.790. The summed E-state index contributed by atoms with van der Waals surface area (Å²) >= 11 is 1.62. The Morgan fingerprint density at radius 2 is 2.00 bits per heavy atom. The van der Waals surface area contributed by atoms with E-state index in [1.165, 1.54) is 6.07 Å². The Labute approximate surface area is 156 Å². The fraction of sp³-hybridized carbons (Fsp3) is 0.368. The van der Waals surface area contributed by atoms with E-state index in [9.17, 15) is 14.0 Å². The molecule has 0 spiro atoms. The minimum absolute atomic E-state index is 0.0670. The van der Waals surface area contributed by atoms with Crippen molar-refractivity contribution in [1.82, 2.24) is 10.2 Å². The molecule has 7 heteroatoms. The SMILES string of the molecule is Cc1ccc(NC(=O)C(=O)NC[C@@H](c2ccsc2)N2CCCC2)cc1F. The Balaban J connectivity index is 1.58. The minimum Gasteiger partial charge on any atom is -0.346 e. The van der Waals surface area contributed by atoms with E-state index >= 15 is 0 Å². The number of hydrogen-bond acceptors (Lipinski definition) is 4. The van der Waals surface area contributed by atoms with Crippen LogP contribution in [-0.2, 0) is 9.59 Å². The first-order chi connectivity index (χ1) is 12.5. The van der Waals surface area contributed by atoms with Gasteiger partial charge in [-0.25, -0.2) is 4.39 Å². The molecule has 0 bridgehead atoms. The number of nitrogens with one attached hydrogen (secondary N) is 2. The topological polar surface area (TPSA) is 61.4 Å². The summed E-state index contributed by atoms with van der Waals surface area (Å²) in [5.74, 6) is -1.93. The molecule has 1 aliphatic rings. The van der Waals surface area contributed by atoms with E-state index in [1.54, 1.807) is 30.4 Å². The minimum atomic E-state index is -0.793. The lowest BCUT2D eigenvalue weighted by atomic mass is 10.1. The van der Waals surface area contributed by atoms with Crippen LogP contribution < -0.4 is 10.6 Å². The zero-order chi connectivity index (χ0) is 18.5. The maximum Gasteiger partial charge on any atom is 0.313 e. The molecular weight excluding hydrogens is 353 g/mol. The van der Waals surface area contributed by atoms with Crippen LogP contribution in [0.2, 0.25) is 0 Å². The van der Waals surface area contributed by atoms with Gasteiger partial charge in [-0.15, -0.1) is 0 Å². The Hall–Kier alpha value is -2.25. The molecule has 26 heavy (non-hydrogen) atoms. The van der Waals surface area contributed by atoms with Crippen molar-refractivity contribution in [2.75, 3.05) is 25.0 Å². The highest BCUT2D eigenvalue weighted by molar-refractivity contribution is 7.08. The van der Waals surface area contributed by atoms with Gasteiger partial charge in [0.15, 0.2) is 0 Å². The number of benzene rings is 1. The Morgan fingerprint density at radius 1 is 1.23 bits per heavy atom. The van der Waals surface area contributed by atoms with Gasteiger partial charge in [-0.05, 0) is 72.9 Å². The number of likely N-dealkylation sites (tertiary alicyclic amines) is 1. The van der Waals surface area contributed by atoms with E-state index in [0.717, 1.165) is 31.5 Å². The first kappa shape index (κ1) is 18.5. The van der Waals surface area contributed by atoms with Crippen LogP contribution in [-0.4, -0.2) is 36.3 Å². The Morgan fingerprint density at radius 3 is 2.65 bits per heavy atom. The van der Waals surface area contributed by atoms with Crippen LogP contribution in [0.4, 0.5) is 10.1 Å². The van der Waals surface area contributed by atoms with Crippen molar-refractivity contribution in [2.24, 2.45) is 0 Å². The Bertz CT molecular complexity index is 773. The normalized spacial score (nSPS) is 15.6. The van der Waals surface area contributed by atoms with Gasteiger partial charge in [0.1, 0.15) is 5.82 Å². The van der Waals surface area contributed by atoms with Gasteiger partial charge >= 0.3 is 11.8 Å². The van der Waals surface area contributed by atoms with Crippen molar-refractivity contribution in [3.05, 3.63) is 52.0 Å². The summed E-state index contributed by atoms with van der Waals surface area (Å²) < 4.78 is 13.6. The van der Waals surface area contributed by atoms with E-state index in [-0.39, 0.29) is 11.7 Å². The van der Waals surface area contributed by atoms with Gasteiger partial charge in [0.05, 0.1) is 6.04 Å². The molecular formula is C19H22FN3O2S. The van der Waals surface area contributed by atoms with E-state index in [1.807, 2.05) is 5.38 Å². The van der Waals surface area contributed by atoms with E-state index in [4.69, 9.17) is 0 Å². The third-order valence-corrected chi connectivity index (χ3v) is 5.30. The lowest BCUT2D eigenvalue weighted by molar-refractivity contribution is -0.136. The molecule has 1 fully saturated rings. The molecule has 2 aromatic rings. The predicted molar refractivity (Wildman–Crippen MR) is 101 cm³/mol. The molecule has 2 heterocycles. The summed E-state index contributed by atoms with van der Waals surface area (Å²) in [5.41, 5.74) is 1.90. The largest absolute Gasteiger partial charge is 0.346 e. The average Bonchev–Trinajstić information content (AvgIpc) is 3.32.